The van der Waals surface area contributed by atoms with E-state index in [4.69, 9.17) is 0 Å². The topological polar surface area (TPSA) is 17.1 Å². The standard InChI is InChI=1S/C25H30O/c1-17(2)24(21-11-7-9-19(5)13-21)15-23(26)16-25(18(3)4)22-12-8-10-20(6)14-22/h7-18H,1-6H3. The first kappa shape index (κ1) is 19.9. The van der Waals surface area contributed by atoms with E-state index in [1.165, 1.54) is 11.1 Å². The third-order valence-electron chi connectivity index (χ3n) is 4.54. The van der Waals surface area contributed by atoms with Gasteiger partial charge in [0.05, 0.1) is 0 Å². The first-order valence-electron chi connectivity index (χ1n) is 9.39. The lowest BCUT2D eigenvalue weighted by molar-refractivity contribution is -0.110. The Labute approximate surface area is 158 Å². The summed E-state index contributed by atoms with van der Waals surface area (Å²) in [7, 11) is 0. The molecule has 0 N–H and O–H groups in total. The number of ketones is 1. The van der Waals surface area contributed by atoms with E-state index in [0.717, 1.165) is 22.3 Å². The predicted molar refractivity (Wildman–Crippen MR) is 113 cm³/mol. The molecule has 1 heteroatoms. The summed E-state index contributed by atoms with van der Waals surface area (Å²) in [6.45, 7) is 12.7. The van der Waals surface area contributed by atoms with Crippen molar-refractivity contribution in [3.63, 3.8) is 0 Å². The Morgan fingerprint density at radius 1 is 0.731 bits per heavy atom. The molecule has 0 saturated heterocycles. The van der Waals surface area contributed by atoms with Crippen LogP contribution in [0.15, 0.2) is 60.7 Å². The first-order valence-corrected chi connectivity index (χ1v) is 9.39. The minimum absolute atomic E-state index is 0.0559. The van der Waals surface area contributed by atoms with E-state index in [-0.39, 0.29) is 17.6 Å². The summed E-state index contributed by atoms with van der Waals surface area (Å²) in [6.07, 6.45) is 3.61. The molecule has 0 aliphatic heterocycles. The van der Waals surface area contributed by atoms with E-state index in [1.807, 2.05) is 12.1 Å². The molecule has 0 heterocycles. The summed E-state index contributed by atoms with van der Waals surface area (Å²) in [4.78, 5) is 12.8. The van der Waals surface area contributed by atoms with Gasteiger partial charge in [-0.2, -0.15) is 0 Å². The number of carbonyl (C=O) groups excluding carboxylic acids is 1. The average Bonchev–Trinajstić information content (AvgIpc) is 2.57. The van der Waals surface area contributed by atoms with Crippen molar-refractivity contribution in [1.82, 2.24) is 0 Å². The summed E-state index contributed by atoms with van der Waals surface area (Å²) in [5.74, 6) is 0.631. The number of hydrogen-bond acceptors (Lipinski definition) is 1. The highest BCUT2D eigenvalue weighted by Crippen LogP contribution is 2.26. The van der Waals surface area contributed by atoms with Gasteiger partial charge >= 0.3 is 0 Å². The molecule has 0 aliphatic carbocycles. The van der Waals surface area contributed by atoms with Crippen LogP contribution in [0.4, 0.5) is 0 Å². The van der Waals surface area contributed by atoms with E-state index in [9.17, 15) is 4.79 Å². The zero-order valence-electron chi connectivity index (χ0n) is 16.8. The molecule has 0 bridgehead atoms. The van der Waals surface area contributed by atoms with Crippen LogP contribution in [-0.2, 0) is 4.79 Å². The lowest BCUT2D eigenvalue weighted by Crippen LogP contribution is -2.01. The minimum Gasteiger partial charge on any atom is -0.290 e. The molecule has 2 aromatic carbocycles. The molecule has 0 amide bonds. The van der Waals surface area contributed by atoms with Crippen molar-refractivity contribution in [3.05, 3.63) is 82.9 Å². The average molecular weight is 347 g/mol. The fourth-order valence-electron chi connectivity index (χ4n) is 3.16. The summed E-state index contributed by atoms with van der Waals surface area (Å²) in [5, 5.41) is 0. The summed E-state index contributed by atoms with van der Waals surface area (Å²) in [6, 6.07) is 16.7. The highest BCUT2D eigenvalue weighted by Gasteiger charge is 2.12. The van der Waals surface area contributed by atoms with Crippen molar-refractivity contribution in [1.29, 1.82) is 0 Å². The van der Waals surface area contributed by atoms with Gasteiger partial charge in [0.1, 0.15) is 0 Å². The van der Waals surface area contributed by atoms with Crippen LogP contribution in [0.25, 0.3) is 11.1 Å². The molecule has 136 valence electrons. The molecule has 0 saturated carbocycles. The molecule has 1 nitrogen and oxygen atoms in total. The summed E-state index contributed by atoms with van der Waals surface area (Å²) < 4.78 is 0. The molecule has 2 aromatic rings. The molecule has 0 aromatic heterocycles. The minimum atomic E-state index is 0.0559. The second-order valence-electron chi connectivity index (χ2n) is 7.65. The molecule has 0 spiro atoms. The Bertz CT molecular complexity index is 765. The Kier molecular flexibility index (Phi) is 6.74. The van der Waals surface area contributed by atoms with Crippen molar-refractivity contribution in [2.45, 2.75) is 41.5 Å². The van der Waals surface area contributed by atoms with Gasteiger partial charge in [-0.25, -0.2) is 0 Å². The van der Waals surface area contributed by atoms with Crippen molar-refractivity contribution >= 4 is 16.9 Å². The number of carbonyl (C=O) groups is 1. The number of benzene rings is 2. The van der Waals surface area contributed by atoms with Crippen LogP contribution >= 0.6 is 0 Å². The van der Waals surface area contributed by atoms with Crippen molar-refractivity contribution in [2.24, 2.45) is 11.8 Å². The van der Waals surface area contributed by atoms with E-state index in [1.54, 1.807) is 12.2 Å². The largest absolute Gasteiger partial charge is 0.290 e. The molecule has 2 rings (SSSR count). The second kappa shape index (κ2) is 8.80. The lowest BCUT2D eigenvalue weighted by Gasteiger charge is -2.14. The van der Waals surface area contributed by atoms with Crippen LogP contribution < -0.4 is 0 Å². The van der Waals surface area contributed by atoms with Gasteiger partial charge in [0, 0.05) is 0 Å². The van der Waals surface area contributed by atoms with E-state index in [0.29, 0.717) is 0 Å². The monoisotopic (exact) mass is 346 g/mol. The highest BCUT2D eigenvalue weighted by atomic mass is 16.1. The summed E-state index contributed by atoms with van der Waals surface area (Å²) in [5.41, 5.74) is 6.84. The molecule has 0 aliphatic rings. The molecular weight excluding hydrogens is 316 g/mol. The Morgan fingerprint density at radius 3 is 1.42 bits per heavy atom. The van der Waals surface area contributed by atoms with Gasteiger partial charge in [-0.1, -0.05) is 87.4 Å². The van der Waals surface area contributed by atoms with Crippen molar-refractivity contribution in [3.8, 4) is 0 Å². The number of allylic oxidation sites excluding steroid dienone is 4. The number of aryl methyl sites for hydroxylation is 2. The fourth-order valence-corrected chi connectivity index (χ4v) is 3.16. The van der Waals surface area contributed by atoms with E-state index in [2.05, 4.69) is 77.9 Å². The van der Waals surface area contributed by atoms with Crippen LogP contribution in [-0.4, -0.2) is 5.78 Å². The highest BCUT2D eigenvalue weighted by molar-refractivity contribution is 6.08. The molecule has 0 atom stereocenters. The van der Waals surface area contributed by atoms with Gasteiger partial charge in [0.15, 0.2) is 5.78 Å². The van der Waals surface area contributed by atoms with Gasteiger partial charge in [-0.05, 0) is 60.1 Å². The van der Waals surface area contributed by atoms with Gasteiger partial charge in [0.25, 0.3) is 0 Å². The fraction of sp³-hybridized carbons (Fsp3) is 0.320. The molecule has 26 heavy (non-hydrogen) atoms. The Balaban J connectivity index is 2.43. The maximum Gasteiger partial charge on any atom is 0.179 e. The van der Waals surface area contributed by atoms with Crippen LogP contribution in [0.2, 0.25) is 0 Å². The Hall–Kier alpha value is -2.41. The third kappa shape index (κ3) is 5.29. The second-order valence-corrected chi connectivity index (χ2v) is 7.65. The van der Waals surface area contributed by atoms with E-state index >= 15 is 0 Å². The third-order valence-corrected chi connectivity index (χ3v) is 4.54. The van der Waals surface area contributed by atoms with Gasteiger partial charge in [0.2, 0.25) is 0 Å². The van der Waals surface area contributed by atoms with Crippen molar-refractivity contribution < 1.29 is 4.79 Å². The van der Waals surface area contributed by atoms with Gasteiger partial charge < -0.3 is 0 Å². The van der Waals surface area contributed by atoms with Crippen LogP contribution in [0, 0.1) is 25.7 Å². The maximum absolute atomic E-state index is 12.8. The Morgan fingerprint density at radius 2 is 1.12 bits per heavy atom. The number of hydrogen-bond donors (Lipinski definition) is 0. The number of rotatable bonds is 6. The quantitative estimate of drug-likeness (QED) is 0.535. The molecular formula is C25H30O. The van der Waals surface area contributed by atoms with Crippen molar-refractivity contribution in [2.75, 3.05) is 0 Å². The van der Waals surface area contributed by atoms with Crippen LogP contribution in [0.3, 0.4) is 0 Å². The van der Waals surface area contributed by atoms with Gasteiger partial charge in [-0.3, -0.25) is 4.79 Å². The van der Waals surface area contributed by atoms with E-state index < -0.39 is 0 Å². The normalized spacial score (nSPS) is 12.8. The zero-order valence-corrected chi connectivity index (χ0v) is 16.8. The molecule has 0 unspecified atom stereocenters. The van der Waals surface area contributed by atoms with Crippen LogP contribution in [0.5, 0.6) is 0 Å². The lowest BCUT2D eigenvalue weighted by atomic mass is 9.90. The van der Waals surface area contributed by atoms with Crippen LogP contribution in [0.1, 0.15) is 49.9 Å². The first-order chi connectivity index (χ1) is 12.3. The zero-order chi connectivity index (χ0) is 19.3. The SMILES string of the molecule is Cc1cccc(C(=CC(=O)C=C(c2cccc(C)c2)C(C)C)C(C)C)c1. The summed E-state index contributed by atoms with van der Waals surface area (Å²) >= 11 is 0. The molecule has 0 radical (unpaired) electrons. The van der Waals surface area contributed by atoms with Gasteiger partial charge in [-0.15, -0.1) is 0 Å². The smallest absolute Gasteiger partial charge is 0.179 e. The molecule has 0 fully saturated rings. The maximum atomic E-state index is 12.8. The predicted octanol–water partition coefficient (Wildman–Crippen LogP) is 6.65.